The van der Waals surface area contributed by atoms with E-state index in [1.54, 1.807) is 0 Å². The molecule has 0 aliphatic heterocycles. The minimum atomic E-state index is 0. The molecule has 1 rings (SSSR count). The Kier molecular flexibility index (Phi) is 3.86. The molecule has 0 aliphatic rings. The molecule has 0 N–H and O–H groups in total. The summed E-state index contributed by atoms with van der Waals surface area (Å²) in [5, 5.41) is 8.19. The average Bonchev–Trinajstić information content (AvgIpc) is 1.90. The van der Waals surface area contributed by atoms with Crippen molar-refractivity contribution in [2.24, 2.45) is 0 Å². The van der Waals surface area contributed by atoms with E-state index in [4.69, 9.17) is 5.26 Å². The van der Waals surface area contributed by atoms with E-state index in [1.165, 1.54) is 18.6 Å². The summed E-state index contributed by atoms with van der Waals surface area (Å²) in [6.07, 6.45) is 4.43. The van der Waals surface area contributed by atoms with Crippen molar-refractivity contribution in [3.63, 3.8) is 0 Å². The largest absolute Gasteiger partial charge is 0.260 e. The van der Waals surface area contributed by atoms with Crippen LogP contribution in [-0.2, 0) is 21.7 Å². The van der Waals surface area contributed by atoms with Crippen LogP contribution in [-0.4, -0.2) is 9.97 Å². The third-order valence-corrected chi connectivity index (χ3v) is 0.678. The standard InChI is InChI=1S/C5H3N3.Ti/c6-3-5-4-7-1-2-8-5;/h1-2,4H;. The molecule has 1 heterocycles. The van der Waals surface area contributed by atoms with Crippen molar-refractivity contribution < 1.29 is 21.7 Å². The van der Waals surface area contributed by atoms with Gasteiger partial charge in [0.1, 0.15) is 6.07 Å². The fourth-order valence-electron chi connectivity index (χ4n) is 0.357. The SMILES string of the molecule is N#Cc1cnccn1.[Ti]. The van der Waals surface area contributed by atoms with Crippen molar-refractivity contribution in [1.29, 1.82) is 5.26 Å². The van der Waals surface area contributed by atoms with Crippen molar-refractivity contribution in [2.45, 2.75) is 0 Å². The number of hydrogen-bond acceptors (Lipinski definition) is 3. The van der Waals surface area contributed by atoms with E-state index in [2.05, 4.69) is 9.97 Å². The number of nitrogens with zero attached hydrogens (tertiary/aromatic N) is 3. The molecule has 0 saturated heterocycles. The van der Waals surface area contributed by atoms with E-state index in [0.717, 1.165) is 0 Å². The van der Waals surface area contributed by atoms with E-state index in [9.17, 15) is 0 Å². The molecule has 0 spiro atoms. The molecule has 0 fully saturated rings. The van der Waals surface area contributed by atoms with Crippen LogP contribution >= 0.6 is 0 Å². The van der Waals surface area contributed by atoms with Gasteiger partial charge in [0, 0.05) is 34.1 Å². The fraction of sp³-hybridized carbons (Fsp3) is 0. The molecule has 0 saturated carbocycles. The van der Waals surface area contributed by atoms with Crippen LogP contribution < -0.4 is 0 Å². The molecule has 0 unspecified atom stereocenters. The second kappa shape index (κ2) is 4.19. The minimum Gasteiger partial charge on any atom is -0.260 e. The molecular formula is C5H3N3Ti. The molecule has 0 amide bonds. The van der Waals surface area contributed by atoms with Crippen molar-refractivity contribution in [3.05, 3.63) is 24.3 Å². The molecule has 42 valence electrons. The van der Waals surface area contributed by atoms with E-state index in [1.807, 2.05) is 6.07 Å². The van der Waals surface area contributed by atoms with Crippen LogP contribution in [0.15, 0.2) is 18.6 Å². The molecule has 0 aliphatic carbocycles. The molecule has 0 aromatic carbocycles. The van der Waals surface area contributed by atoms with Crippen molar-refractivity contribution in [2.75, 3.05) is 0 Å². The molecule has 3 nitrogen and oxygen atoms in total. The van der Waals surface area contributed by atoms with E-state index >= 15 is 0 Å². The first-order valence-corrected chi connectivity index (χ1v) is 2.09. The number of nitriles is 1. The van der Waals surface area contributed by atoms with E-state index in [0.29, 0.717) is 5.69 Å². The predicted octanol–water partition coefficient (Wildman–Crippen LogP) is 0.346. The van der Waals surface area contributed by atoms with Gasteiger partial charge >= 0.3 is 0 Å². The third-order valence-electron chi connectivity index (χ3n) is 0.678. The molecule has 9 heavy (non-hydrogen) atoms. The Morgan fingerprint density at radius 1 is 1.44 bits per heavy atom. The maximum Gasteiger partial charge on any atom is 0.158 e. The summed E-state index contributed by atoms with van der Waals surface area (Å²) in [5.41, 5.74) is 0.354. The molecule has 0 radical (unpaired) electrons. The van der Waals surface area contributed by atoms with Gasteiger partial charge in [0.05, 0.1) is 6.20 Å². The minimum absolute atomic E-state index is 0. The molecule has 0 bridgehead atoms. The van der Waals surface area contributed by atoms with Gasteiger partial charge in [0.15, 0.2) is 5.69 Å². The number of rotatable bonds is 0. The van der Waals surface area contributed by atoms with Crippen LogP contribution in [0.1, 0.15) is 5.69 Å². The zero-order valence-corrected chi connectivity index (χ0v) is 6.14. The normalized spacial score (nSPS) is 7.00. The summed E-state index contributed by atoms with van der Waals surface area (Å²) in [4.78, 5) is 7.34. The second-order valence-electron chi connectivity index (χ2n) is 1.20. The predicted molar refractivity (Wildman–Crippen MR) is 26.7 cm³/mol. The Morgan fingerprint density at radius 3 is 2.56 bits per heavy atom. The Hall–Kier alpha value is -0.716. The molecule has 1 aromatic rings. The first kappa shape index (κ1) is 8.28. The van der Waals surface area contributed by atoms with Gasteiger partial charge in [0.2, 0.25) is 0 Å². The van der Waals surface area contributed by atoms with Crippen LogP contribution in [0, 0.1) is 11.3 Å². The Balaban J connectivity index is 0.000000640. The Labute approximate surface area is 67.6 Å². The van der Waals surface area contributed by atoms with Crippen LogP contribution in [0.5, 0.6) is 0 Å². The first-order valence-electron chi connectivity index (χ1n) is 2.09. The quantitative estimate of drug-likeness (QED) is 0.505. The van der Waals surface area contributed by atoms with E-state index in [-0.39, 0.29) is 21.7 Å². The molecule has 0 atom stereocenters. The molecular weight excluding hydrogens is 150 g/mol. The van der Waals surface area contributed by atoms with Gasteiger partial charge in [-0.1, -0.05) is 0 Å². The average molecular weight is 153 g/mol. The monoisotopic (exact) mass is 153 g/mol. The van der Waals surface area contributed by atoms with Gasteiger partial charge in [-0.05, 0) is 0 Å². The number of aromatic nitrogens is 2. The maximum absolute atomic E-state index is 8.19. The topological polar surface area (TPSA) is 49.6 Å². The van der Waals surface area contributed by atoms with Crippen molar-refractivity contribution in [3.8, 4) is 6.07 Å². The fourth-order valence-corrected chi connectivity index (χ4v) is 0.357. The van der Waals surface area contributed by atoms with E-state index < -0.39 is 0 Å². The van der Waals surface area contributed by atoms with Crippen LogP contribution in [0.3, 0.4) is 0 Å². The van der Waals surface area contributed by atoms with Gasteiger partial charge in [-0.2, -0.15) is 5.26 Å². The zero-order valence-electron chi connectivity index (χ0n) is 4.57. The molecule has 1 aromatic heterocycles. The first-order chi connectivity index (χ1) is 3.93. The van der Waals surface area contributed by atoms with Gasteiger partial charge < -0.3 is 0 Å². The van der Waals surface area contributed by atoms with Gasteiger partial charge in [0.25, 0.3) is 0 Å². The Bertz CT molecular complexity index is 203. The summed E-state index contributed by atoms with van der Waals surface area (Å²) < 4.78 is 0. The maximum atomic E-state index is 8.19. The summed E-state index contributed by atoms with van der Waals surface area (Å²) in [5.74, 6) is 0. The van der Waals surface area contributed by atoms with Crippen LogP contribution in [0.2, 0.25) is 0 Å². The summed E-state index contributed by atoms with van der Waals surface area (Å²) in [7, 11) is 0. The summed E-state index contributed by atoms with van der Waals surface area (Å²) in [6.45, 7) is 0. The second-order valence-corrected chi connectivity index (χ2v) is 1.20. The van der Waals surface area contributed by atoms with Gasteiger partial charge in [-0.25, -0.2) is 4.98 Å². The zero-order chi connectivity index (χ0) is 5.82. The van der Waals surface area contributed by atoms with Crippen molar-refractivity contribution in [1.82, 2.24) is 9.97 Å². The number of hydrogen-bond donors (Lipinski definition) is 0. The summed E-state index contributed by atoms with van der Waals surface area (Å²) in [6, 6.07) is 1.85. The van der Waals surface area contributed by atoms with Gasteiger partial charge in [-0.15, -0.1) is 0 Å². The van der Waals surface area contributed by atoms with Crippen LogP contribution in [0.25, 0.3) is 0 Å². The third kappa shape index (κ3) is 2.36. The van der Waals surface area contributed by atoms with Crippen LogP contribution in [0.4, 0.5) is 0 Å². The smallest absolute Gasteiger partial charge is 0.158 e. The van der Waals surface area contributed by atoms with Crippen molar-refractivity contribution >= 4 is 0 Å². The Morgan fingerprint density at radius 2 is 2.22 bits per heavy atom. The van der Waals surface area contributed by atoms with Gasteiger partial charge in [-0.3, -0.25) is 4.98 Å². The molecule has 4 heteroatoms. The summed E-state index contributed by atoms with van der Waals surface area (Å²) >= 11 is 0.